The number of hydrogen-bond donors (Lipinski definition) is 0. The summed E-state index contributed by atoms with van der Waals surface area (Å²) < 4.78 is 9.25. The number of thiazole rings is 1. The Hall–Kier alpha value is -2.65. The zero-order valence-electron chi connectivity index (χ0n) is 16.0. The third kappa shape index (κ3) is 3.20. The molecule has 0 N–H and O–H groups in total. The molecule has 0 spiro atoms. The van der Waals surface area contributed by atoms with E-state index in [9.17, 15) is 4.79 Å². The van der Waals surface area contributed by atoms with E-state index in [0.29, 0.717) is 16.5 Å². The molecule has 28 heavy (non-hydrogen) atoms. The zero-order valence-corrected chi connectivity index (χ0v) is 17.6. The number of furan rings is 1. The van der Waals surface area contributed by atoms with E-state index in [2.05, 4.69) is 15.2 Å². The summed E-state index contributed by atoms with van der Waals surface area (Å²) in [5, 5.41) is 12.0. The van der Waals surface area contributed by atoms with E-state index >= 15 is 0 Å². The Kier molecular flexibility index (Phi) is 4.94. The van der Waals surface area contributed by atoms with Gasteiger partial charge < -0.3 is 8.98 Å². The molecule has 0 fully saturated rings. The quantitative estimate of drug-likeness (QED) is 0.348. The number of carbonyl (C=O) groups is 1. The van der Waals surface area contributed by atoms with Crippen LogP contribution in [0.3, 0.4) is 0 Å². The molecule has 0 unspecified atom stereocenters. The minimum Gasteiger partial charge on any atom is -0.469 e. The molecular formula is C19H19N5O2S2. The van der Waals surface area contributed by atoms with Gasteiger partial charge in [0.2, 0.25) is 0 Å². The van der Waals surface area contributed by atoms with Crippen LogP contribution < -0.4 is 0 Å². The van der Waals surface area contributed by atoms with E-state index < -0.39 is 0 Å². The fourth-order valence-electron chi connectivity index (χ4n) is 3.17. The predicted molar refractivity (Wildman–Crippen MR) is 109 cm³/mol. The van der Waals surface area contributed by atoms with Gasteiger partial charge in [-0.25, -0.2) is 4.98 Å². The first kappa shape index (κ1) is 18.7. The van der Waals surface area contributed by atoms with Crippen LogP contribution in [0.2, 0.25) is 0 Å². The standard InChI is InChI=1S/C19H19N5O2S2/c1-11-9-15(12(2)24(11)18-20-6-8-27-18)16(25)10-28-19-22-21-17(23(19)4)14-5-7-26-13(14)3/h5-9H,10H2,1-4H3. The monoisotopic (exact) mass is 413 g/mol. The van der Waals surface area contributed by atoms with Gasteiger partial charge in [-0.2, -0.15) is 0 Å². The Bertz CT molecular complexity index is 1140. The number of thioether (sulfide) groups is 1. The molecule has 0 radical (unpaired) electrons. The molecule has 0 aliphatic rings. The van der Waals surface area contributed by atoms with Crippen molar-refractivity contribution < 1.29 is 9.21 Å². The van der Waals surface area contributed by atoms with Crippen LogP contribution in [0.1, 0.15) is 27.5 Å². The van der Waals surface area contributed by atoms with E-state index in [-0.39, 0.29) is 5.78 Å². The average molecular weight is 414 g/mol. The molecule has 0 atom stereocenters. The van der Waals surface area contributed by atoms with Crippen molar-refractivity contribution in [2.75, 3.05) is 5.75 Å². The second kappa shape index (κ2) is 7.40. The molecule has 4 aromatic rings. The Morgan fingerprint density at radius 1 is 1.29 bits per heavy atom. The zero-order chi connectivity index (χ0) is 19.8. The van der Waals surface area contributed by atoms with Crippen molar-refractivity contribution in [3.05, 3.63) is 52.7 Å². The van der Waals surface area contributed by atoms with Crippen LogP contribution >= 0.6 is 23.1 Å². The molecule has 0 saturated heterocycles. The number of ketones is 1. The SMILES string of the molecule is Cc1occc1-c1nnc(SCC(=O)c2cc(C)n(-c3nccs3)c2C)n1C. The van der Waals surface area contributed by atoms with Gasteiger partial charge in [0.05, 0.1) is 17.6 Å². The first-order valence-corrected chi connectivity index (χ1v) is 10.5. The van der Waals surface area contributed by atoms with Crippen molar-refractivity contribution in [2.45, 2.75) is 25.9 Å². The molecule has 4 aromatic heterocycles. The first-order chi connectivity index (χ1) is 13.5. The molecular weight excluding hydrogens is 394 g/mol. The van der Waals surface area contributed by atoms with Crippen molar-refractivity contribution in [1.29, 1.82) is 0 Å². The summed E-state index contributed by atoms with van der Waals surface area (Å²) in [4.78, 5) is 17.2. The largest absolute Gasteiger partial charge is 0.469 e. The lowest BCUT2D eigenvalue weighted by Crippen LogP contribution is -2.06. The molecule has 7 nitrogen and oxygen atoms in total. The summed E-state index contributed by atoms with van der Waals surface area (Å²) in [5.41, 5.74) is 3.52. The molecule has 4 heterocycles. The maximum absolute atomic E-state index is 12.9. The van der Waals surface area contributed by atoms with Crippen molar-refractivity contribution >= 4 is 28.9 Å². The third-order valence-corrected chi connectivity index (χ3v) is 6.39. The summed E-state index contributed by atoms with van der Waals surface area (Å²) in [6.45, 7) is 5.83. The number of Topliss-reactive ketones (excluding diaryl/α,β-unsaturated/α-hetero) is 1. The van der Waals surface area contributed by atoms with Crippen molar-refractivity contribution in [1.82, 2.24) is 24.3 Å². The second-order valence-corrected chi connectivity index (χ2v) is 8.22. The number of nitrogens with zero attached hydrogens (tertiary/aromatic N) is 5. The highest BCUT2D eigenvalue weighted by molar-refractivity contribution is 7.99. The van der Waals surface area contributed by atoms with E-state index in [1.54, 1.807) is 23.8 Å². The van der Waals surface area contributed by atoms with Crippen LogP contribution in [0.5, 0.6) is 0 Å². The lowest BCUT2D eigenvalue weighted by Gasteiger charge is -2.06. The second-order valence-electron chi connectivity index (χ2n) is 6.40. The number of aromatic nitrogens is 5. The highest BCUT2D eigenvalue weighted by atomic mass is 32.2. The molecule has 0 aliphatic carbocycles. The highest BCUT2D eigenvalue weighted by Gasteiger charge is 2.20. The van der Waals surface area contributed by atoms with Gasteiger partial charge in [-0.05, 0) is 32.9 Å². The molecule has 0 aliphatic heterocycles. The lowest BCUT2D eigenvalue weighted by molar-refractivity contribution is 0.102. The van der Waals surface area contributed by atoms with Crippen LogP contribution in [0.15, 0.2) is 39.5 Å². The molecule has 4 rings (SSSR count). The van der Waals surface area contributed by atoms with Gasteiger partial charge >= 0.3 is 0 Å². The Labute approximate surface area is 170 Å². The van der Waals surface area contributed by atoms with Gasteiger partial charge in [-0.15, -0.1) is 21.5 Å². The van der Waals surface area contributed by atoms with E-state index in [4.69, 9.17) is 4.42 Å². The Balaban J connectivity index is 1.53. The fraction of sp³-hybridized carbons (Fsp3) is 0.263. The minimum absolute atomic E-state index is 0.0601. The van der Waals surface area contributed by atoms with E-state index in [1.807, 2.05) is 54.5 Å². The number of aryl methyl sites for hydroxylation is 2. The topological polar surface area (TPSA) is 78.7 Å². The van der Waals surface area contributed by atoms with Crippen LogP contribution in [-0.4, -0.2) is 35.9 Å². The fourth-order valence-corrected chi connectivity index (χ4v) is 4.71. The normalized spacial score (nSPS) is 11.3. The van der Waals surface area contributed by atoms with Gasteiger partial charge in [0.15, 0.2) is 21.9 Å². The van der Waals surface area contributed by atoms with Crippen LogP contribution in [0, 0.1) is 20.8 Å². The summed E-state index contributed by atoms with van der Waals surface area (Å²) in [7, 11) is 1.89. The van der Waals surface area contributed by atoms with Crippen molar-refractivity contribution in [3.63, 3.8) is 0 Å². The summed E-state index contributed by atoms with van der Waals surface area (Å²) >= 11 is 2.93. The van der Waals surface area contributed by atoms with Gasteiger partial charge in [-0.1, -0.05) is 11.8 Å². The summed E-state index contributed by atoms with van der Waals surface area (Å²) in [5.74, 6) is 1.87. The Morgan fingerprint density at radius 2 is 2.11 bits per heavy atom. The maximum atomic E-state index is 12.9. The van der Waals surface area contributed by atoms with Crippen molar-refractivity contribution in [3.8, 4) is 16.5 Å². The summed E-state index contributed by atoms with van der Waals surface area (Å²) in [6, 6.07) is 3.79. The van der Waals surface area contributed by atoms with Gasteiger partial charge in [0.1, 0.15) is 5.76 Å². The molecule has 0 amide bonds. The average Bonchev–Trinajstić information content (AvgIpc) is 3.43. The maximum Gasteiger partial charge on any atom is 0.193 e. The number of hydrogen-bond acceptors (Lipinski definition) is 7. The number of carbonyl (C=O) groups excluding carboxylic acids is 1. The minimum atomic E-state index is 0.0601. The van der Waals surface area contributed by atoms with Gasteiger partial charge in [-0.3, -0.25) is 9.36 Å². The van der Waals surface area contributed by atoms with Gasteiger partial charge in [0.25, 0.3) is 0 Å². The lowest BCUT2D eigenvalue weighted by atomic mass is 10.2. The van der Waals surface area contributed by atoms with Crippen molar-refractivity contribution in [2.24, 2.45) is 7.05 Å². The molecule has 0 aromatic carbocycles. The number of rotatable bonds is 6. The van der Waals surface area contributed by atoms with E-state index in [1.165, 1.54) is 11.8 Å². The van der Waals surface area contributed by atoms with Crippen LogP contribution in [-0.2, 0) is 7.05 Å². The predicted octanol–water partition coefficient (Wildman–Crippen LogP) is 4.22. The highest BCUT2D eigenvalue weighted by Crippen LogP contribution is 2.27. The van der Waals surface area contributed by atoms with Crippen LogP contribution in [0.4, 0.5) is 0 Å². The molecule has 0 saturated carbocycles. The van der Waals surface area contributed by atoms with E-state index in [0.717, 1.165) is 33.7 Å². The third-order valence-electron chi connectivity index (χ3n) is 4.61. The Morgan fingerprint density at radius 3 is 2.79 bits per heavy atom. The smallest absolute Gasteiger partial charge is 0.193 e. The molecule has 9 heteroatoms. The first-order valence-electron chi connectivity index (χ1n) is 8.66. The van der Waals surface area contributed by atoms with Crippen LogP contribution in [0.25, 0.3) is 16.5 Å². The molecule has 144 valence electrons. The summed E-state index contributed by atoms with van der Waals surface area (Å²) in [6.07, 6.45) is 3.40. The van der Waals surface area contributed by atoms with Gasteiger partial charge in [0, 0.05) is 35.6 Å². The molecule has 0 bridgehead atoms.